The second kappa shape index (κ2) is 3.92. The van der Waals surface area contributed by atoms with Crippen LogP contribution >= 0.6 is 0 Å². The van der Waals surface area contributed by atoms with Gasteiger partial charge in [0.2, 0.25) is 0 Å². The van der Waals surface area contributed by atoms with E-state index in [1.165, 1.54) is 6.07 Å². The molecule has 1 rings (SSSR count). The number of nitrogen functional groups attached to an aromatic ring is 2. The van der Waals surface area contributed by atoms with Crippen LogP contribution in [0.3, 0.4) is 0 Å². The van der Waals surface area contributed by atoms with Gasteiger partial charge in [-0.05, 0) is 0 Å². The fraction of sp³-hybridized carbons (Fsp3) is 0. The maximum atomic E-state index is 5.26. The van der Waals surface area contributed by atoms with Crippen LogP contribution in [0.25, 0.3) is 0 Å². The molecule has 10 heavy (non-hydrogen) atoms. The standard InChI is InChI=1S/C4H6N4S.Na/c5-2-1-3(6)8-4(9)7-2;/h1H,(H5,5,6,7,8,9);/q;+1/p-1. The molecule has 0 spiro atoms. The molecule has 0 bridgehead atoms. The van der Waals surface area contributed by atoms with Gasteiger partial charge in [0.1, 0.15) is 11.6 Å². The molecule has 0 aliphatic carbocycles. The van der Waals surface area contributed by atoms with Crippen molar-refractivity contribution in [3.8, 4) is 0 Å². The van der Waals surface area contributed by atoms with E-state index in [1.807, 2.05) is 0 Å². The van der Waals surface area contributed by atoms with Crippen molar-refractivity contribution < 1.29 is 29.6 Å². The molecule has 0 fully saturated rings. The summed E-state index contributed by atoms with van der Waals surface area (Å²) in [6.45, 7) is 0. The van der Waals surface area contributed by atoms with Gasteiger partial charge in [0.05, 0.1) is 0 Å². The van der Waals surface area contributed by atoms with E-state index in [0.717, 1.165) is 0 Å². The average molecular weight is 164 g/mol. The van der Waals surface area contributed by atoms with E-state index in [2.05, 4.69) is 22.6 Å². The maximum absolute atomic E-state index is 5.26. The molecular formula is C4H5N4NaS. The predicted molar refractivity (Wildman–Crippen MR) is 36.5 cm³/mol. The van der Waals surface area contributed by atoms with Crippen molar-refractivity contribution in [2.45, 2.75) is 5.16 Å². The second-order valence-corrected chi connectivity index (χ2v) is 1.87. The summed E-state index contributed by atoms with van der Waals surface area (Å²) in [4.78, 5) is 7.27. The molecule has 0 unspecified atom stereocenters. The first-order valence-corrected chi connectivity index (χ1v) is 2.66. The molecule has 0 aromatic carbocycles. The summed E-state index contributed by atoms with van der Waals surface area (Å²) in [6, 6.07) is 1.45. The van der Waals surface area contributed by atoms with Crippen LogP contribution in [0.5, 0.6) is 0 Å². The van der Waals surface area contributed by atoms with Gasteiger partial charge in [-0.1, -0.05) is 0 Å². The summed E-state index contributed by atoms with van der Waals surface area (Å²) in [5.74, 6) is 0.625. The molecule has 4 nitrogen and oxygen atoms in total. The van der Waals surface area contributed by atoms with Crippen molar-refractivity contribution >= 4 is 24.3 Å². The molecule has 1 heterocycles. The summed E-state index contributed by atoms with van der Waals surface area (Å²) >= 11 is 4.60. The van der Waals surface area contributed by atoms with E-state index in [4.69, 9.17) is 11.5 Å². The zero-order chi connectivity index (χ0) is 6.85. The average Bonchev–Trinajstić information content (AvgIpc) is 1.59. The zero-order valence-electron chi connectivity index (χ0n) is 5.53. The van der Waals surface area contributed by atoms with E-state index in [1.54, 1.807) is 0 Å². The summed E-state index contributed by atoms with van der Waals surface area (Å²) in [7, 11) is 0. The van der Waals surface area contributed by atoms with E-state index in [-0.39, 0.29) is 34.7 Å². The van der Waals surface area contributed by atoms with Crippen molar-refractivity contribution in [3.63, 3.8) is 0 Å². The third kappa shape index (κ3) is 2.66. The van der Waals surface area contributed by atoms with Crippen LogP contribution < -0.4 is 41.0 Å². The molecule has 0 radical (unpaired) electrons. The monoisotopic (exact) mass is 164 g/mol. The Morgan fingerprint density at radius 2 is 1.60 bits per heavy atom. The minimum Gasteiger partial charge on any atom is -0.740 e. The van der Waals surface area contributed by atoms with Gasteiger partial charge >= 0.3 is 29.6 Å². The molecule has 0 saturated heterocycles. The Balaban J connectivity index is 0.000000810. The number of nitrogens with two attached hydrogens (primary N) is 2. The van der Waals surface area contributed by atoms with Crippen LogP contribution in [0.4, 0.5) is 11.6 Å². The maximum Gasteiger partial charge on any atom is 1.00 e. The molecule has 0 amide bonds. The summed E-state index contributed by atoms with van der Waals surface area (Å²) in [5.41, 5.74) is 10.5. The zero-order valence-corrected chi connectivity index (χ0v) is 8.35. The summed E-state index contributed by atoms with van der Waals surface area (Å²) in [6.07, 6.45) is 0. The molecule has 1 aromatic heterocycles. The van der Waals surface area contributed by atoms with Crippen molar-refractivity contribution in [2.75, 3.05) is 11.5 Å². The Labute approximate surface area is 86.1 Å². The van der Waals surface area contributed by atoms with Crippen LogP contribution in [-0.4, -0.2) is 9.97 Å². The van der Waals surface area contributed by atoms with E-state index >= 15 is 0 Å². The molecule has 0 aliphatic heterocycles. The fourth-order valence-corrected chi connectivity index (χ4v) is 0.673. The number of anilines is 2. The smallest absolute Gasteiger partial charge is 0.740 e. The van der Waals surface area contributed by atoms with E-state index in [0.29, 0.717) is 11.6 Å². The third-order valence-electron chi connectivity index (χ3n) is 0.745. The van der Waals surface area contributed by atoms with E-state index < -0.39 is 0 Å². The Hall–Kier alpha value is -0.100. The Morgan fingerprint density at radius 1 is 1.20 bits per heavy atom. The summed E-state index contributed by atoms with van der Waals surface area (Å²) in [5, 5.41) is 0.188. The van der Waals surface area contributed by atoms with Gasteiger partial charge in [-0.2, -0.15) is 0 Å². The number of hydrogen-bond donors (Lipinski definition) is 2. The first-order chi connectivity index (χ1) is 4.18. The molecule has 6 heteroatoms. The quantitative estimate of drug-likeness (QED) is 0.237. The first-order valence-electron chi connectivity index (χ1n) is 2.25. The predicted octanol–water partition coefficient (Wildman–Crippen LogP) is -3.45. The van der Waals surface area contributed by atoms with Gasteiger partial charge in [-0.15, -0.1) is 0 Å². The topological polar surface area (TPSA) is 77.8 Å². The second-order valence-electron chi connectivity index (χ2n) is 1.50. The number of rotatable bonds is 0. The Morgan fingerprint density at radius 3 is 1.90 bits per heavy atom. The van der Waals surface area contributed by atoms with Crippen LogP contribution in [0.1, 0.15) is 0 Å². The summed E-state index contributed by atoms with van der Waals surface area (Å²) < 4.78 is 0. The minimum atomic E-state index is 0. The van der Waals surface area contributed by atoms with Gasteiger partial charge < -0.3 is 24.1 Å². The van der Waals surface area contributed by atoms with Gasteiger partial charge in [0.25, 0.3) is 0 Å². The SMILES string of the molecule is Nc1cc(N)nc([S-])n1.[Na+]. The van der Waals surface area contributed by atoms with Crippen LogP contribution in [0, 0.1) is 0 Å². The van der Waals surface area contributed by atoms with Crippen molar-refractivity contribution in [3.05, 3.63) is 6.07 Å². The van der Waals surface area contributed by atoms with Gasteiger partial charge in [-0.3, -0.25) is 0 Å². The van der Waals surface area contributed by atoms with Crippen LogP contribution in [0.2, 0.25) is 0 Å². The molecule has 0 aliphatic rings. The largest absolute Gasteiger partial charge is 1.00 e. The molecule has 48 valence electrons. The molecule has 4 N–H and O–H groups in total. The molecule has 0 saturated carbocycles. The normalized spacial score (nSPS) is 8.40. The third-order valence-corrected chi connectivity index (χ3v) is 0.928. The number of aromatic nitrogens is 2. The van der Waals surface area contributed by atoms with Crippen LogP contribution in [-0.2, 0) is 12.6 Å². The first kappa shape index (κ1) is 9.90. The Kier molecular flexibility index (Phi) is 3.88. The van der Waals surface area contributed by atoms with Crippen molar-refractivity contribution in [1.29, 1.82) is 0 Å². The molecule has 0 atom stereocenters. The van der Waals surface area contributed by atoms with Gasteiger partial charge in [0, 0.05) is 11.2 Å². The number of nitrogens with zero attached hydrogens (tertiary/aromatic N) is 2. The van der Waals surface area contributed by atoms with Crippen LogP contribution in [0.15, 0.2) is 11.2 Å². The van der Waals surface area contributed by atoms with Crippen molar-refractivity contribution in [1.82, 2.24) is 9.97 Å². The van der Waals surface area contributed by atoms with Crippen molar-refractivity contribution in [2.24, 2.45) is 0 Å². The Bertz CT molecular complexity index is 178. The van der Waals surface area contributed by atoms with E-state index in [9.17, 15) is 0 Å². The fourth-order valence-electron chi connectivity index (χ4n) is 0.462. The van der Waals surface area contributed by atoms with Gasteiger partial charge in [-0.25, -0.2) is 9.97 Å². The van der Waals surface area contributed by atoms with Gasteiger partial charge in [0.15, 0.2) is 0 Å². The minimum absolute atomic E-state index is 0. The molecule has 1 aromatic rings. The number of hydrogen-bond acceptors (Lipinski definition) is 5. The molecular weight excluding hydrogens is 159 g/mol.